The number of hydrogen-bond donors (Lipinski definition) is 1. The van der Waals surface area contributed by atoms with Crippen molar-refractivity contribution in [1.29, 1.82) is 0 Å². The van der Waals surface area contributed by atoms with Crippen LogP contribution in [0.15, 0.2) is 18.3 Å². The van der Waals surface area contributed by atoms with Gasteiger partial charge in [-0.3, -0.25) is 0 Å². The zero-order valence-electron chi connectivity index (χ0n) is 8.19. The summed E-state index contributed by atoms with van der Waals surface area (Å²) in [6.45, 7) is 2.74. The quantitative estimate of drug-likeness (QED) is 0.836. The van der Waals surface area contributed by atoms with Crippen LogP contribution in [0.4, 0.5) is 5.13 Å². The second-order valence-corrected chi connectivity index (χ2v) is 4.27. The smallest absolute Gasteiger partial charge is 0.205 e. The summed E-state index contributed by atoms with van der Waals surface area (Å²) in [4.78, 5) is 0. The van der Waals surface area contributed by atoms with Gasteiger partial charge in [-0.2, -0.15) is 0 Å². The van der Waals surface area contributed by atoms with E-state index in [2.05, 4.69) is 26.1 Å². The first-order valence-corrected chi connectivity index (χ1v) is 5.21. The van der Waals surface area contributed by atoms with Crippen molar-refractivity contribution in [1.82, 2.24) is 14.8 Å². The van der Waals surface area contributed by atoms with Crippen molar-refractivity contribution >= 4 is 16.5 Å². The molecule has 0 spiro atoms. The zero-order valence-corrected chi connectivity index (χ0v) is 9.01. The summed E-state index contributed by atoms with van der Waals surface area (Å²) in [5.74, 6) is 0. The summed E-state index contributed by atoms with van der Waals surface area (Å²) in [6.07, 6.45) is 2.03. The van der Waals surface area contributed by atoms with E-state index in [0.29, 0.717) is 0 Å². The fraction of sp³-hybridized carbons (Fsp3) is 0.333. The standard InChI is InChI=1S/C9H12N4S/c1-7-11-12-9(14-7)10-6-8-4-3-5-13(8)2/h3-5H,6H2,1-2H3,(H,10,12). The number of rotatable bonds is 3. The average molecular weight is 208 g/mol. The van der Waals surface area contributed by atoms with E-state index in [1.165, 1.54) is 5.69 Å². The van der Waals surface area contributed by atoms with Gasteiger partial charge in [0, 0.05) is 18.9 Å². The van der Waals surface area contributed by atoms with Gasteiger partial charge in [0.05, 0.1) is 6.54 Å². The molecule has 2 aromatic rings. The van der Waals surface area contributed by atoms with Crippen LogP contribution in [0.1, 0.15) is 10.7 Å². The second kappa shape index (κ2) is 3.79. The Morgan fingerprint density at radius 2 is 2.36 bits per heavy atom. The van der Waals surface area contributed by atoms with Crippen LogP contribution in [-0.2, 0) is 13.6 Å². The van der Waals surface area contributed by atoms with Crippen molar-refractivity contribution in [2.45, 2.75) is 13.5 Å². The molecule has 1 N–H and O–H groups in total. The zero-order chi connectivity index (χ0) is 9.97. The van der Waals surface area contributed by atoms with Crippen LogP contribution in [0.3, 0.4) is 0 Å². The molecule has 0 aromatic carbocycles. The largest absolute Gasteiger partial charge is 0.355 e. The van der Waals surface area contributed by atoms with E-state index in [1.807, 2.05) is 26.2 Å². The molecule has 5 heteroatoms. The molecule has 4 nitrogen and oxygen atoms in total. The lowest BCUT2D eigenvalue weighted by Crippen LogP contribution is -2.03. The third-order valence-electron chi connectivity index (χ3n) is 2.00. The molecule has 0 fully saturated rings. The van der Waals surface area contributed by atoms with Crippen LogP contribution in [0.2, 0.25) is 0 Å². The van der Waals surface area contributed by atoms with E-state index in [1.54, 1.807) is 11.3 Å². The second-order valence-electron chi connectivity index (χ2n) is 3.09. The first-order valence-electron chi connectivity index (χ1n) is 4.40. The molecule has 0 aliphatic heterocycles. The Labute approximate surface area is 86.6 Å². The summed E-state index contributed by atoms with van der Waals surface area (Å²) >= 11 is 1.57. The molecule has 2 aromatic heterocycles. The number of nitrogens with one attached hydrogen (secondary N) is 1. The highest BCUT2D eigenvalue weighted by molar-refractivity contribution is 7.15. The summed E-state index contributed by atoms with van der Waals surface area (Å²) in [7, 11) is 2.03. The van der Waals surface area contributed by atoms with E-state index in [9.17, 15) is 0 Å². The van der Waals surface area contributed by atoms with Gasteiger partial charge in [0.15, 0.2) is 0 Å². The van der Waals surface area contributed by atoms with E-state index in [0.717, 1.165) is 16.7 Å². The molecule has 0 atom stereocenters. The third kappa shape index (κ3) is 1.93. The van der Waals surface area contributed by atoms with E-state index in [4.69, 9.17) is 0 Å². The molecule has 74 valence electrons. The predicted octanol–water partition coefficient (Wildman–Crippen LogP) is 1.80. The Morgan fingerprint density at radius 1 is 1.50 bits per heavy atom. The van der Waals surface area contributed by atoms with Crippen molar-refractivity contribution in [3.8, 4) is 0 Å². The summed E-state index contributed by atoms with van der Waals surface area (Å²) in [5, 5.41) is 13.0. The van der Waals surface area contributed by atoms with Crippen molar-refractivity contribution in [3.05, 3.63) is 29.0 Å². The van der Waals surface area contributed by atoms with Crippen molar-refractivity contribution < 1.29 is 0 Å². The van der Waals surface area contributed by atoms with Gasteiger partial charge in [-0.1, -0.05) is 11.3 Å². The van der Waals surface area contributed by atoms with E-state index < -0.39 is 0 Å². The fourth-order valence-corrected chi connectivity index (χ4v) is 1.80. The van der Waals surface area contributed by atoms with Crippen molar-refractivity contribution in [2.24, 2.45) is 7.05 Å². The minimum atomic E-state index is 0.790. The topological polar surface area (TPSA) is 42.7 Å². The Bertz CT molecular complexity index is 418. The molecule has 14 heavy (non-hydrogen) atoms. The highest BCUT2D eigenvalue weighted by Crippen LogP contribution is 2.14. The van der Waals surface area contributed by atoms with Crippen LogP contribution in [-0.4, -0.2) is 14.8 Å². The maximum absolute atomic E-state index is 3.99. The van der Waals surface area contributed by atoms with E-state index >= 15 is 0 Å². The van der Waals surface area contributed by atoms with Gasteiger partial charge in [0.1, 0.15) is 5.01 Å². The lowest BCUT2D eigenvalue weighted by atomic mass is 10.4. The number of anilines is 1. The van der Waals surface area contributed by atoms with Crippen molar-refractivity contribution in [2.75, 3.05) is 5.32 Å². The minimum Gasteiger partial charge on any atom is -0.355 e. The first kappa shape index (κ1) is 9.21. The maximum Gasteiger partial charge on any atom is 0.205 e. The minimum absolute atomic E-state index is 0.790. The van der Waals surface area contributed by atoms with Crippen LogP contribution in [0.5, 0.6) is 0 Å². The maximum atomic E-state index is 3.99. The van der Waals surface area contributed by atoms with Gasteiger partial charge >= 0.3 is 0 Å². The molecule has 0 unspecified atom stereocenters. The molecular formula is C9H12N4S. The number of hydrogen-bond acceptors (Lipinski definition) is 4. The van der Waals surface area contributed by atoms with Crippen LogP contribution < -0.4 is 5.32 Å². The Morgan fingerprint density at radius 3 is 2.93 bits per heavy atom. The monoisotopic (exact) mass is 208 g/mol. The van der Waals surface area contributed by atoms with Crippen LogP contribution >= 0.6 is 11.3 Å². The van der Waals surface area contributed by atoms with E-state index in [-0.39, 0.29) is 0 Å². The SMILES string of the molecule is Cc1nnc(NCc2cccn2C)s1. The highest BCUT2D eigenvalue weighted by Gasteiger charge is 2.00. The number of aromatic nitrogens is 3. The average Bonchev–Trinajstić information content (AvgIpc) is 2.72. The van der Waals surface area contributed by atoms with Crippen molar-refractivity contribution in [3.63, 3.8) is 0 Å². The van der Waals surface area contributed by atoms with Gasteiger partial charge in [0.25, 0.3) is 0 Å². The summed E-state index contributed by atoms with van der Waals surface area (Å²) < 4.78 is 2.08. The van der Waals surface area contributed by atoms with Crippen LogP contribution in [0, 0.1) is 6.92 Å². The van der Waals surface area contributed by atoms with Gasteiger partial charge < -0.3 is 9.88 Å². The number of nitrogens with zero attached hydrogens (tertiary/aromatic N) is 3. The lowest BCUT2D eigenvalue weighted by Gasteiger charge is -2.03. The first-order chi connectivity index (χ1) is 6.75. The molecule has 0 aliphatic rings. The predicted molar refractivity (Wildman–Crippen MR) is 57.4 cm³/mol. The van der Waals surface area contributed by atoms with Gasteiger partial charge in [-0.05, 0) is 19.1 Å². The number of aryl methyl sites for hydroxylation is 2. The normalized spacial score (nSPS) is 10.4. The Hall–Kier alpha value is -1.36. The molecule has 2 heterocycles. The summed E-state index contributed by atoms with van der Waals surface area (Å²) in [5.41, 5.74) is 1.23. The van der Waals surface area contributed by atoms with Gasteiger partial charge in [-0.15, -0.1) is 10.2 Å². The lowest BCUT2D eigenvalue weighted by molar-refractivity contribution is 0.840. The van der Waals surface area contributed by atoms with Gasteiger partial charge in [0.2, 0.25) is 5.13 Å². The molecule has 0 bridgehead atoms. The highest BCUT2D eigenvalue weighted by atomic mass is 32.1. The molecular weight excluding hydrogens is 196 g/mol. The molecule has 2 rings (SSSR count). The molecule has 0 amide bonds. The third-order valence-corrected chi connectivity index (χ3v) is 2.79. The molecule has 0 radical (unpaired) electrons. The molecule has 0 aliphatic carbocycles. The molecule has 0 saturated heterocycles. The Kier molecular flexibility index (Phi) is 2.49. The molecule has 0 saturated carbocycles. The Balaban J connectivity index is 1.98. The van der Waals surface area contributed by atoms with Crippen LogP contribution in [0.25, 0.3) is 0 Å². The van der Waals surface area contributed by atoms with Gasteiger partial charge in [-0.25, -0.2) is 0 Å². The summed E-state index contributed by atoms with van der Waals surface area (Å²) in [6, 6.07) is 4.11. The fourth-order valence-electron chi connectivity index (χ4n) is 1.21.